The third-order valence-corrected chi connectivity index (χ3v) is 3.71. The van der Waals surface area contributed by atoms with Gasteiger partial charge in [-0.2, -0.15) is 0 Å². The van der Waals surface area contributed by atoms with Crippen LogP contribution < -0.4 is 10.6 Å². The van der Waals surface area contributed by atoms with E-state index in [0.29, 0.717) is 12.4 Å². The molecular formula is C14H18N4O5. The minimum atomic E-state index is -1.03. The van der Waals surface area contributed by atoms with Crippen molar-refractivity contribution in [2.45, 2.75) is 0 Å². The molecule has 9 heteroatoms. The third-order valence-electron chi connectivity index (χ3n) is 3.71. The number of pyridine rings is 1. The Hall–Kier alpha value is -2.68. The number of primary amides is 1. The van der Waals surface area contributed by atoms with Crippen LogP contribution in [0.25, 0.3) is 0 Å². The second-order valence-electron chi connectivity index (χ2n) is 5.25. The molecule has 1 saturated heterocycles. The molecule has 0 saturated carbocycles. The van der Waals surface area contributed by atoms with Crippen molar-refractivity contribution in [1.82, 2.24) is 9.88 Å². The average molecular weight is 322 g/mol. The van der Waals surface area contributed by atoms with Crippen LogP contribution in [0.2, 0.25) is 0 Å². The number of carboxylic acids is 1. The van der Waals surface area contributed by atoms with Gasteiger partial charge in [-0.1, -0.05) is 0 Å². The van der Waals surface area contributed by atoms with Gasteiger partial charge in [-0.25, -0.2) is 4.98 Å². The predicted molar refractivity (Wildman–Crippen MR) is 79.8 cm³/mol. The lowest BCUT2D eigenvalue weighted by molar-refractivity contribution is -0.143. The molecule has 1 aromatic rings. The second kappa shape index (κ2) is 7.05. The third kappa shape index (κ3) is 3.95. The number of rotatable bonds is 4. The van der Waals surface area contributed by atoms with Crippen molar-refractivity contribution in [3.8, 4) is 0 Å². The largest absolute Gasteiger partial charge is 0.481 e. The van der Waals surface area contributed by atoms with Crippen LogP contribution in [0.15, 0.2) is 18.3 Å². The van der Waals surface area contributed by atoms with E-state index in [0.717, 1.165) is 0 Å². The maximum absolute atomic E-state index is 11.6. The van der Waals surface area contributed by atoms with Crippen LogP contribution >= 0.6 is 0 Å². The van der Waals surface area contributed by atoms with Crippen molar-refractivity contribution >= 4 is 23.6 Å². The van der Waals surface area contributed by atoms with Crippen molar-refractivity contribution in [2.24, 2.45) is 11.7 Å². The Morgan fingerprint density at radius 1 is 1.26 bits per heavy atom. The maximum Gasteiger partial charge on any atom is 0.310 e. The Labute approximate surface area is 132 Å². The summed E-state index contributed by atoms with van der Waals surface area (Å²) >= 11 is 0. The van der Waals surface area contributed by atoms with E-state index in [1.165, 1.54) is 17.2 Å². The first kappa shape index (κ1) is 16.7. The summed E-state index contributed by atoms with van der Waals surface area (Å²) in [5.41, 5.74) is 5.42. The summed E-state index contributed by atoms with van der Waals surface area (Å²) in [4.78, 5) is 41.3. The molecule has 0 spiro atoms. The molecule has 0 unspecified atom stereocenters. The van der Waals surface area contributed by atoms with E-state index in [-0.39, 0.29) is 25.2 Å². The van der Waals surface area contributed by atoms with Crippen LogP contribution in [-0.4, -0.2) is 70.7 Å². The molecule has 9 nitrogen and oxygen atoms in total. The number of carboxylic acid groups (broad SMARTS) is 1. The summed E-state index contributed by atoms with van der Waals surface area (Å²) in [6.07, 6.45) is 1.33. The molecule has 2 rings (SSSR count). The first-order valence-electron chi connectivity index (χ1n) is 7.04. The van der Waals surface area contributed by atoms with E-state index in [2.05, 4.69) is 4.98 Å². The molecule has 1 fully saturated rings. The fraction of sp³-hybridized carbons (Fsp3) is 0.429. The first-order valence-corrected chi connectivity index (χ1v) is 7.04. The van der Waals surface area contributed by atoms with Gasteiger partial charge in [0.25, 0.3) is 0 Å². The molecule has 1 atom stereocenters. The fourth-order valence-electron chi connectivity index (χ4n) is 2.42. The van der Waals surface area contributed by atoms with E-state index >= 15 is 0 Å². The Morgan fingerprint density at radius 2 is 2.00 bits per heavy atom. The highest BCUT2D eigenvalue weighted by Gasteiger charge is 2.30. The van der Waals surface area contributed by atoms with Crippen molar-refractivity contribution in [1.29, 1.82) is 0 Å². The first-order chi connectivity index (χ1) is 10.9. The Balaban J connectivity index is 2.20. The molecule has 4 N–H and O–H groups in total. The number of hydrogen-bond donors (Lipinski definition) is 3. The van der Waals surface area contributed by atoms with Gasteiger partial charge in [-0.05, 0) is 12.1 Å². The standard InChI is InChI=1S/C14H18N4O5/c15-13(21)9-1-2-11(16-5-9)17-3-4-18(12(20)8-19)7-10(6-17)14(22)23/h1-2,5,10,19H,3-4,6-8H2,(H2,15,21)(H,22,23)/t10-/m1/s1. The highest BCUT2D eigenvalue weighted by molar-refractivity contribution is 5.92. The van der Waals surface area contributed by atoms with Crippen molar-refractivity contribution in [3.05, 3.63) is 23.9 Å². The number of nitrogens with zero attached hydrogens (tertiary/aromatic N) is 3. The highest BCUT2D eigenvalue weighted by atomic mass is 16.4. The van der Waals surface area contributed by atoms with Gasteiger partial charge in [0.2, 0.25) is 11.8 Å². The van der Waals surface area contributed by atoms with Gasteiger partial charge < -0.3 is 25.7 Å². The Bertz CT molecular complexity index is 604. The van der Waals surface area contributed by atoms with Gasteiger partial charge in [-0.3, -0.25) is 14.4 Å². The summed E-state index contributed by atoms with van der Waals surface area (Å²) in [6.45, 7) is 0.205. The maximum atomic E-state index is 11.6. The van der Waals surface area contributed by atoms with Gasteiger partial charge in [0.1, 0.15) is 12.4 Å². The number of aromatic nitrogens is 1. The fourth-order valence-corrected chi connectivity index (χ4v) is 2.42. The predicted octanol–water partition coefficient (Wildman–Crippen LogP) is -1.48. The van der Waals surface area contributed by atoms with Crippen LogP contribution in [0, 0.1) is 5.92 Å². The molecule has 0 aromatic carbocycles. The van der Waals surface area contributed by atoms with E-state index in [4.69, 9.17) is 10.8 Å². The highest BCUT2D eigenvalue weighted by Crippen LogP contribution is 2.17. The lowest BCUT2D eigenvalue weighted by Crippen LogP contribution is -2.39. The van der Waals surface area contributed by atoms with E-state index in [1.54, 1.807) is 11.0 Å². The molecular weight excluding hydrogens is 304 g/mol. The van der Waals surface area contributed by atoms with Gasteiger partial charge in [0, 0.05) is 32.4 Å². The van der Waals surface area contributed by atoms with Crippen LogP contribution in [-0.2, 0) is 9.59 Å². The zero-order chi connectivity index (χ0) is 17.0. The number of anilines is 1. The minimum absolute atomic E-state index is 0.0323. The smallest absolute Gasteiger partial charge is 0.310 e. The molecule has 2 amide bonds. The molecule has 124 valence electrons. The molecule has 0 aliphatic carbocycles. The summed E-state index contributed by atoms with van der Waals surface area (Å²) in [5.74, 6) is -2.43. The number of carbonyl (C=O) groups is 3. The number of aliphatic hydroxyl groups is 1. The van der Waals surface area contributed by atoms with Gasteiger partial charge in [0.05, 0.1) is 11.5 Å². The van der Waals surface area contributed by atoms with Crippen molar-refractivity contribution in [2.75, 3.05) is 37.7 Å². The number of amides is 2. The van der Waals surface area contributed by atoms with E-state index in [1.807, 2.05) is 0 Å². The SMILES string of the molecule is NC(=O)c1ccc(N2CCN(C(=O)CO)C[C@H](C(=O)O)C2)nc1. The number of nitrogens with two attached hydrogens (primary N) is 1. The quantitative estimate of drug-likeness (QED) is 0.615. The topological polar surface area (TPSA) is 137 Å². The van der Waals surface area contributed by atoms with Gasteiger partial charge >= 0.3 is 5.97 Å². The summed E-state index contributed by atoms with van der Waals surface area (Å²) in [5, 5.41) is 18.3. The van der Waals surface area contributed by atoms with Crippen LogP contribution in [0.3, 0.4) is 0 Å². The molecule has 0 radical (unpaired) electrons. The molecule has 1 aliphatic rings. The lowest BCUT2D eigenvalue weighted by atomic mass is 10.1. The van der Waals surface area contributed by atoms with E-state index in [9.17, 15) is 19.5 Å². The lowest BCUT2D eigenvalue weighted by Gasteiger charge is -2.23. The Kier molecular flexibility index (Phi) is 5.12. The molecule has 0 bridgehead atoms. The molecule has 1 aliphatic heterocycles. The number of hydrogen-bond acceptors (Lipinski definition) is 6. The normalized spacial score (nSPS) is 18.4. The van der Waals surface area contributed by atoms with E-state index < -0.39 is 30.3 Å². The monoisotopic (exact) mass is 322 g/mol. The van der Waals surface area contributed by atoms with Crippen molar-refractivity contribution < 1.29 is 24.6 Å². The van der Waals surface area contributed by atoms with Crippen LogP contribution in [0.5, 0.6) is 0 Å². The van der Waals surface area contributed by atoms with Crippen LogP contribution in [0.4, 0.5) is 5.82 Å². The number of aliphatic hydroxyl groups excluding tert-OH is 1. The molecule has 1 aromatic heterocycles. The number of aliphatic carboxylic acids is 1. The molecule has 23 heavy (non-hydrogen) atoms. The molecule has 2 heterocycles. The summed E-state index contributed by atoms with van der Waals surface area (Å²) in [6, 6.07) is 3.10. The van der Waals surface area contributed by atoms with Crippen molar-refractivity contribution in [3.63, 3.8) is 0 Å². The van der Waals surface area contributed by atoms with Gasteiger partial charge in [0.15, 0.2) is 0 Å². The average Bonchev–Trinajstić information content (AvgIpc) is 2.77. The minimum Gasteiger partial charge on any atom is -0.481 e. The zero-order valence-electron chi connectivity index (χ0n) is 12.4. The van der Waals surface area contributed by atoms with Gasteiger partial charge in [-0.15, -0.1) is 0 Å². The second-order valence-corrected chi connectivity index (χ2v) is 5.25. The zero-order valence-corrected chi connectivity index (χ0v) is 12.4. The number of carbonyl (C=O) groups excluding carboxylic acids is 2. The summed E-state index contributed by atoms with van der Waals surface area (Å²) in [7, 11) is 0. The summed E-state index contributed by atoms with van der Waals surface area (Å²) < 4.78 is 0. The Morgan fingerprint density at radius 3 is 2.52 bits per heavy atom. The van der Waals surface area contributed by atoms with Crippen LogP contribution in [0.1, 0.15) is 10.4 Å².